The SMILES string of the molecule is CCC(CNc1c([N+](=O)[O-])c(C)nn1C(C)C)C(=O)O. The number of aryl methyl sites for hydroxylation is 1. The van der Waals surface area contributed by atoms with E-state index in [0.717, 1.165) is 0 Å². The van der Waals surface area contributed by atoms with Gasteiger partial charge < -0.3 is 10.4 Å². The lowest BCUT2D eigenvalue weighted by molar-refractivity contribution is -0.384. The summed E-state index contributed by atoms with van der Waals surface area (Å²) in [5.41, 5.74) is 0.216. The molecule has 8 nitrogen and oxygen atoms in total. The summed E-state index contributed by atoms with van der Waals surface area (Å²) in [6.07, 6.45) is 0.449. The Balaban J connectivity index is 3.08. The minimum Gasteiger partial charge on any atom is -0.481 e. The van der Waals surface area contributed by atoms with Gasteiger partial charge in [0.2, 0.25) is 5.82 Å². The number of carboxylic acids is 1. The number of anilines is 1. The molecule has 1 aromatic heterocycles. The second-order valence-electron chi connectivity index (χ2n) is 4.90. The Morgan fingerprint density at radius 1 is 1.55 bits per heavy atom. The minimum absolute atomic E-state index is 0.0604. The van der Waals surface area contributed by atoms with Gasteiger partial charge in [-0.15, -0.1) is 0 Å². The molecule has 8 heteroatoms. The molecule has 0 aliphatic rings. The number of nitrogens with zero attached hydrogens (tertiary/aromatic N) is 3. The van der Waals surface area contributed by atoms with Gasteiger partial charge in [-0.3, -0.25) is 14.9 Å². The van der Waals surface area contributed by atoms with Gasteiger partial charge in [-0.25, -0.2) is 4.68 Å². The van der Waals surface area contributed by atoms with Gasteiger partial charge in [0.05, 0.1) is 10.8 Å². The zero-order valence-corrected chi connectivity index (χ0v) is 12.1. The second-order valence-corrected chi connectivity index (χ2v) is 4.90. The van der Waals surface area contributed by atoms with Gasteiger partial charge >= 0.3 is 11.7 Å². The first-order chi connectivity index (χ1) is 9.29. The predicted octanol–water partition coefficient (Wildman–Crippen LogP) is 2.20. The fourth-order valence-electron chi connectivity index (χ4n) is 1.92. The molecule has 1 rings (SSSR count). The molecule has 0 spiro atoms. The van der Waals surface area contributed by atoms with E-state index in [1.54, 1.807) is 13.8 Å². The zero-order chi connectivity index (χ0) is 15.4. The van der Waals surface area contributed by atoms with Crippen LogP contribution in [0.15, 0.2) is 0 Å². The molecule has 0 saturated carbocycles. The second kappa shape index (κ2) is 6.36. The quantitative estimate of drug-likeness (QED) is 0.586. The fraction of sp³-hybridized carbons (Fsp3) is 0.667. The van der Waals surface area contributed by atoms with Gasteiger partial charge in [-0.2, -0.15) is 5.10 Å². The summed E-state index contributed by atoms with van der Waals surface area (Å²) in [4.78, 5) is 21.6. The third-order valence-electron chi connectivity index (χ3n) is 3.08. The Morgan fingerprint density at radius 3 is 2.55 bits per heavy atom. The van der Waals surface area contributed by atoms with E-state index in [0.29, 0.717) is 12.1 Å². The van der Waals surface area contributed by atoms with Gasteiger partial charge in [0.25, 0.3) is 0 Å². The molecule has 20 heavy (non-hydrogen) atoms. The molecule has 0 saturated heterocycles. The van der Waals surface area contributed by atoms with E-state index in [9.17, 15) is 14.9 Å². The van der Waals surface area contributed by atoms with Crippen molar-refractivity contribution in [3.63, 3.8) is 0 Å². The highest BCUT2D eigenvalue weighted by molar-refractivity contribution is 5.71. The molecule has 0 fully saturated rings. The molecule has 0 aliphatic carbocycles. The van der Waals surface area contributed by atoms with Crippen molar-refractivity contribution in [3.05, 3.63) is 15.8 Å². The fourth-order valence-corrected chi connectivity index (χ4v) is 1.92. The van der Waals surface area contributed by atoms with Crippen LogP contribution in [0.2, 0.25) is 0 Å². The van der Waals surface area contributed by atoms with Crippen molar-refractivity contribution in [1.82, 2.24) is 9.78 Å². The van der Waals surface area contributed by atoms with Crippen LogP contribution in [-0.4, -0.2) is 32.3 Å². The number of hydrogen-bond acceptors (Lipinski definition) is 5. The van der Waals surface area contributed by atoms with Gasteiger partial charge in [-0.05, 0) is 27.2 Å². The highest BCUT2D eigenvalue weighted by Crippen LogP contribution is 2.30. The Labute approximate surface area is 116 Å². The van der Waals surface area contributed by atoms with Gasteiger partial charge in [-0.1, -0.05) is 6.92 Å². The molecule has 0 bridgehead atoms. The van der Waals surface area contributed by atoms with Crippen LogP contribution in [0.3, 0.4) is 0 Å². The molecule has 1 aromatic rings. The third-order valence-corrected chi connectivity index (χ3v) is 3.08. The minimum atomic E-state index is -0.921. The van der Waals surface area contributed by atoms with E-state index in [2.05, 4.69) is 10.4 Å². The molecule has 0 aliphatic heterocycles. The smallest absolute Gasteiger partial charge is 0.333 e. The van der Waals surface area contributed by atoms with Crippen LogP contribution in [0.5, 0.6) is 0 Å². The normalized spacial score (nSPS) is 12.4. The number of carboxylic acid groups (broad SMARTS) is 1. The van der Waals surface area contributed by atoms with Crippen LogP contribution >= 0.6 is 0 Å². The summed E-state index contributed by atoms with van der Waals surface area (Å²) in [5.74, 6) is -1.25. The van der Waals surface area contributed by atoms with Crippen molar-refractivity contribution >= 4 is 17.5 Å². The summed E-state index contributed by atoms with van der Waals surface area (Å²) >= 11 is 0. The number of carbonyl (C=O) groups is 1. The number of rotatable bonds is 7. The van der Waals surface area contributed by atoms with Crippen molar-refractivity contribution in [1.29, 1.82) is 0 Å². The van der Waals surface area contributed by atoms with Crippen LogP contribution in [0, 0.1) is 23.0 Å². The van der Waals surface area contributed by atoms with Crippen molar-refractivity contribution in [2.45, 2.75) is 40.2 Å². The summed E-state index contributed by atoms with van der Waals surface area (Å²) in [5, 5.41) is 27.2. The molecule has 0 amide bonds. The summed E-state index contributed by atoms with van der Waals surface area (Å²) in [7, 11) is 0. The number of aliphatic carboxylic acids is 1. The highest BCUT2D eigenvalue weighted by Gasteiger charge is 2.27. The third kappa shape index (κ3) is 3.25. The van der Waals surface area contributed by atoms with E-state index in [1.165, 1.54) is 4.68 Å². The number of nitrogens with one attached hydrogen (secondary N) is 1. The first kappa shape index (κ1) is 15.9. The van der Waals surface area contributed by atoms with Crippen molar-refractivity contribution in [2.24, 2.45) is 5.92 Å². The zero-order valence-electron chi connectivity index (χ0n) is 12.1. The van der Waals surface area contributed by atoms with Crippen molar-refractivity contribution in [2.75, 3.05) is 11.9 Å². The average molecular weight is 284 g/mol. The van der Waals surface area contributed by atoms with Crippen molar-refractivity contribution < 1.29 is 14.8 Å². The molecule has 1 unspecified atom stereocenters. The topological polar surface area (TPSA) is 110 Å². The predicted molar refractivity (Wildman–Crippen MR) is 73.9 cm³/mol. The van der Waals surface area contributed by atoms with Crippen LogP contribution in [0.4, 0.5) is 11.5 Å². The van der Waals surface area contributed by atoms with Gasteiger partial charge in [0.15, 0.2) is 0 Å². The largest absolute Gasteiger partial charge is 0.481 e. The molecular formula is C12H20N4O4. The lowest BCUT2D eigenvalue weighted by Gasteiger charge is -2.14. The molecule has 0 radical (unpaired) electrons. The lowest BCUT2D eigenvalue weighted by atomic mass is 10.1. The Kier molecular flexibility index (Phi) is 5.06. The highest BCUT2D eigenvalue weighted by atomic mass is 16.6. The van der Waals surface area contributed by atoms with Crippen LogP contribution in [0.25, 0.3) is 0 Å². The van der Waals surface area contributed by atoms with Gasteiger partial charge in [0, 0.05) is 12.6 Å². The number of hydrogen-bond donors (Lipinski definition) is 2. The summed E-state index contributed by atoms with van der Waals surface area (Å²) in [6.45, 7) is 7.17. The maximum Gasteiger partial charge on any atom is 0.333 e. The molecule has 1 heterocycles. The number of aromatic nitrogens is 2. The molecule has 1 atom stereocenters. The monoisotopic (exact) mass is 284 g/mol. The summed E-state index contributed by atoms with van der Waals surface area (Å²) < 4.78 is 1.52. The van der Waals surface area contributed by atoms with Crippen molar-refractivity contribution in [3.8, 4) is 0 Å². The Morgan fingerprint density at radius 2 is 2.15 bits per heavy atom. The van der Waals surface area contributed by atoms with Crippen LogP contribution < -0.4 is 5.32 Å². The number of nitro groups is 1. The van der Waals surface area contributed by atoms with E-state index < -0.39 is 16.8 Å². The first-order valence-electron chi connectivity index (χ1n) is 6.49. The lowest BCUT2D eigenvalue weighted by Crippen LogP contribution is -2.23. The van der Waals surface area contributed by atoms with E-state index in [-0.39, 0.29) is 24.1 Å². The van der Waals surface area contributed by atoms with E-state index in [1.807, 2.05) is 13.8 Å². The molecule has 0 aromatic carbocycles. The Bertz CT molecular complexity index is 510. The van der Waals surface area contributed by atoms with Crippen LogP contribution in [0.1, 0.15) is 38.9 Å². The maximum atomic E-state index is 11.1. The molecule has 2 N–H and O–H groups in total. The standard InChI is InChI=1S/C12H20N4O4/c1-5-9(12(17)18)6-13-11-10(16(19)20)8(4)14-15(11)7(2)3/h7,9,13H,5-6H2,1-4H3,(H,17,18). The molecular weight excluding hydrogens is 264 g/mol. The van der Waals surface area contributed by atoms with E-state index >= 15 is 0 Å². The average Bonchev–Trinajstić information content (AvgIpc) is 2.66. The molecule has 112 valence electrons. The first-order valence-corrected chi connectivity index (χ1v) is 6.49. The van der Waals surface area contributed by atoms with Gasteiger partial charge in [0.1, 0.15) is 5.69 Å². The summed E-state index contributed by atoms with van der Waals surface area (Å²) in [6, 6.07) is -0.0604. The van der Waals surface area contributed by atoms with E-state index in [4.69, 9.17) is 5.11 Å². The Hall–Kier alpha value is -2.12. The van der Waals surface area contributed by atoms with Crippen LogP contribution in [-0.2, 0) is 4.79 Å². The maximum absolute atomic E-state index is 11.1.